The largest absolute Gasteiger partial charge is 0.445 e. The number of alkyl carbamates (subject to hydrolysis) is 1. The third kappa shape index (κ3) is 14.5. The van der Waals surface area contributed by atoms with Gasteiger partial charge in [-0.15, -0.1) is 0 Å². The number of ether oxygens (including phenoxy) is 3. The third-order valence-electron chi connectivity index (χ3n) is 6.29. The smallest absolute Gasteiger partial charge is 0.408 e. The average molecular weight is 570 g/mol. The number of hydrogen-bond donors (Lipinski definition) is 4. The molecule has 2 atom stereocenters. The number of unbranched alkanes of at least 4 members (excludes halogenated alkanes) is 2. The van der Waals surface area contributed by atoms with Crippen molar-refractivity contribution in [2.24, 2.45) is 16.5 Å². The number of hydrogen-bond acceptors (Lipinski definition) is 6. The van der Waals surface area contributed by atoms with Crippen molar-refractivity contribution < 1.29 is 23.8 Å². The maximum absolute atomic E-state index is 13.7. The lowest BCUT2D eigenvalue weighted by Crippen LogP contribution is -2.54. The van der Waals surface area contributed by atoms with Gasteiger partial charge in [-0.2, -0.15) is 0 Å². The average Bonchev–Trinajstić information content (AvgIpc) is 2.97. The first-order valence-electron chi connectivity index (χ1n) is 14.5. The monoisotopic (exact) mass is 569 g/mol. The molecule has 2 rings (SSSR count). The zero-order valence-electron chi connectivity index (χ0n) is 24.4. The van der Waals surface area contributed by atoms with E-state index in [1.165, 1.54) is 0 Å². The van der Waals surface area contributed by atoms with E-state index in [0.29, 0.717) is 32.6 Å². The van der Waals surface area contributed by atoms with Gasteiger partial charge in [0.05, 0.1) is 6.04 Å². The van der Waals surface area contributed by atoms with Crippen molar-refractivity contribution in [2.45, 2.75) is 83.8 Å². The lowest BCUT2D eigenvalue weighted by atomic mass is 10.0. The van der Waals surface area contributed by atoms with Gasteiger partial charge in [-0.3, -0.25) is 9.79 Å². The van der Waals surface area contributed by atoms with Gasteiger partial charge in [-0.25, -0.2) is 4.79 Å². The molecule has 0 aromatic heterocycles. The van der Waals surface area contributed by atoms with Gasteiger partial charge in [-0.1, -0.05) is 87.4 Å². The van der Waals surface area contributed by atoms with Crippen LogP contribution in [0.5, 0.6) is 0 Å². The zero-order chi connectivity index (χ0) is 29.7. The SMILES string of the molecule is CCCCOC(OCCCC)[C@H](CCCN=C(N)N)NC(=O)[C@H](Cc1ccccc1)NC(=O)OCc1ccccc1. The van der Waals surface area contributed by atoms with E-state index < -0.39 is 24.5 Å². The highest BCUT2D eigenvalue weighted by Crippen LogP contribution is 2.13. The van der Waals surface area contributed by atoms with E-state index in [1.807, 2.05) is 60.7 Å². The molecule has 0 saturated heterocycles. The Morgan fingerprint density at radius 3 is 1.98 bits per heavy atom. The lowest BCUT2D eigenvalue weighted by Gasteiger charge is -2.30. The third-order valence-corrected chi connectivity index (χ3v) is 6.29. The number of aliphatic imine (C=N–C) groups is 1. The summed E-state index contributed by atoms with van der Waals surface area (Å²) in [5.41, 5.74) is 12.7. The van der Waals surface area contributed by atoms with Gasteiger partial charge in [0.2, 0.25) is 5.91 Å². The van der Waals surface area contributed by atoms with Gasteiger partial charge in [-0.05, 0) is 36.8 Å². The van der Waals surface area contributed by atoms with Crippen molar-refractivity contribution in [1.82, 2.24) is 10.6 Å². The van der Waals surface area contributed by atoms with Crippen LogP contribution in [0.2, 0.25) is 0 Å². The van der Waals surface area contributed by atoms with Crippen molar-refractivity contribution >= 4 is 18.0 Å². The second kappa shape index (κ2) is 20.3. The number of guanidine groups is 1. The van der Waals surface area contributed by atoms with Crippen LogP contribution in [-0.4, -0.2) is 56.1 Å². The number of carbonyl (C=O) groups excluding carboxylic acids is 2. The molecule has 0 aliphatic heterocycles. The number of amides is 2. The van der Waals surface area contributed by atoms with Crippen LogP contribution in [0.25, 0.3) is 0 Å². The molecule has 0 unspecified atom stereocenters. The molecule has 0 aliphatic rings. The van der Waals surface area contributed by atoms with Crippen LogP contribution in [-0.2, 0) is 32.0 Å². The molecule has 10 nitrogen and oxygen atoms in total. The van der Waals surface area contributed by atoms with Gasteiger partial charge in [0, 0.05) is 26.2 Å². The number of nitrogens with zero attached hydrogens (tertiary/aromatic N) is 1. The Labute approximate surface area is 244 Å². The summed E-state index contributed by atoms with van der Waals surface area (Å²) in [4.78, 5) is 30.5. The molecule has 6 N–H and O–H groups in total. The minimum absolute atomic E-state index is 0.0154. The molecule has 2 amide bonds. The van der Waals surface area contributed by atoms with Crippen molar-refractivity contribution in [3.8, 4) is 0 Å². The topological polar surface area (TPSA) is 150 Å². The maximum Gasteiger partial charge on any atom is 0.408 e. The molecular formula is C31H47N5O5. The number of carbonyl (C=O) groups is 2. The van der Waals surface area contributed by atoms with Gasteiger partial charge in [0.15, 0.2) is 12.2 Å². The quantitative estimate of drug-likeness (QED) is 0.0814. The standard InChI is InChI=1S/C31H47N5O5/c1-3-5-20-39-29(40-21-6-4-2)26(18-13-19-34-30(32)33)35-28(37)27(22-24-14-9-7-10-15-24)36-31(38)41-23-25-16-11-8-12-17-25/h7-12,14-17,26-27,29H,3-6,13,18-23H2,1-2H3,(H,35,37)(H,36,38)(H4,32,33,34)/t26-,27-/m0/s1. The molecule has 10 heteroatoms. The van der Waals surface area contributed by atoms with E-state index in [0.717, 1.165) is 36.8 Å². The van der Waals surface area contributed by atoms with Gasteiger partial charge < -0.3 is 36.3 Å². The maximum atomic E-state index is 13.7. The summed E-state index contributed by atoms with van der Waals surface area (Å²) in [6, 6.07) is 17.5. The van der Waals surface area contributed by atoms with Crippen LogP contribution >= 0.6 is 0 Å². The number of benzene rings is 2. The van der Waals surface area contributed by atoms with Crippen LogP contribution in [0, 0.1) is 0 Å². The van der Waals surface area contributed by atoms with Crippen LogP contribution in [0.4, 0.5) is 4.79 Å². The van der Waals surface area contributed by atoms with Gasteiger partial charge >= 0.3 is 6.09 Å². The summed E-state index contributed by atoms with van der Waals surface area (Å²) in [5.74, 6) is -0.345. The second-order valence-electron chi connectivity index (χ2n) is 9.83. The fraction of sp³-hybridized carbons (Fsp3) is 0.516. The second-order valence-corrected chi connectivity index (χ2v) is 9.83. The molecule has 0 fully saturated rings. The summed E-state index contributed by atoms with van der Waals surface area (Å²) in [6.45, 7) is 5.68. The van der Waals surface area contributed by atoms with E-state index in [-0.39, 0.29) is 24.9 Å². The van der Waals surface area contributed by atoms with E-state index in [1.54, 1.807) is 0 Å². The van der Waals surface area contributed by atoms with E-state index in [9.17, 15) is 9.59 Å². The number of nitrogens with one attached hydrogen (secondary N) is 2. The molecule has 0 bridgehead atoms. The highest BCUT2D eigenvalue weighted by molar-refractivity contribution is 5.86. The molecule has 41 heavy (non-hydrogen) atoms. The van der Waals surface area contributed by atoms with E-state index in [2.05, 4.69) is 29.5 Å². The van der Waals surface area contributed by atoms with Crippen LogP contribution in [0.3, 0.4) is 0 Å². The Morgan fingerprint density at radius 1 is 0.829 bits per heavy atom. The summed E-state index contributed by atoms with van der Waals surface area (Å²) in [7, 11) is 0. The fourth-order valence-corrected chi connectivity index (χ4v) is 4.01. The Bertz CT molecular complexity index is 1010. The zero-order valence-corrected chi connectivity index (χ0v) is 24.4. The highest BCUT2D eigenvalue weighted by atomic mass is 16.7. The number of rotatable bonds is 20. The predicted octanol–water partition coefficient (Wildman–Crippen LogP) is 4.02. The molecule has 0 aliphatic carbocycles. The molecular weight excluding hydrogens is 522 g/mol. The minimum Gasteiger partial charge on any atom is -0.445 e. The first-order valence-corrected chi connectivity index (χ1v) is 14.5. The highest BCUT2D eigenvalue weighted by Gasteiger charge is 2.29. The minimum atomic E-state index is -0.882. The first-order chi connectivity index (χ1) is 19.9. The van der Waals surface area contributed by atoms with Crippen molar-refractivity contribution in [3.05, 3.63) is 71.8 Å². The van der Waals surface area contributed by atoms with Crippen molar-refractivity contribution in [1.29, 1.82) is 0 Å². The van der Waals surface area contributed by atoms with Crippen LogP contribution in [0.15, 0.2) is 65.7 Å². The number of nitrogens with two attached hydrogens (primary N) is 2. The molecule has 2 aromatic carbocycles. The Hall–Kier alpha value is -3.63. The summed E-state index contributed by atoms with van der Waals surface area (Å²) >= 11 is 0. The summed E-state index contributed by atoms with van der Waals surface area (Å²) in [5, 5.41) is 5.85. The van der Waals surface area contributed by atoms with Crippen LogP contribution < -0.4 is 22.1 Å². The van der Waals surface area contributed by atoms with E-state index in [4.69, 9.17) is 25.7 Å². The molecule has 226 valence electrons. The molecule has 2 aromatic rings. The first kappa shape index (κ1) is 33.6. The van der Waals surface area contributed by atoms with Crippen LogP contribution in [0.1, 0.15) is 63.5 Å². The Morgan fingerprint density at radius 2 is 1.41 bits per heavy atom. The Balaban J connectivity index is 2.19. The fourth-order valence-electron chi connectivity index (χ4n) is 4.01. The summed E-state index contributed by atoms with van der Waals surface area (Å²) in [6.07, 6.45) is 3.75. The molecule has 0 heterocycles. The van der Waals surface area contributed by atoms with Gasteiger partial charge in [0.25, 0.3) is 0 Å². The van der Waals surface area contributed by atoms with Crippen molar-refractivity contribution in [3.63, 3.8) is 0 Å². The molecule has 0 saturated carbocycles. The molecule has 0 radical (unpaired) electrons. The van der Waals surface area contributed by atoms with Gasteiger partial charge in [0.1, 0.15) is 12.6 Å². The van der Waals surface area contributed by atoms with E-state index >= 15 is 0 Å². The predicted molar refractivity (Wildman–Crippen MR) is 161 cm³/mol. The molecule has 0 spiro atoms. The normalized spacial score (nSPS) is 12.4. The summed E-state index contributed by atoms with van der Waals surface area (Å²) < 4.78 is 17.6. The Kier molecular flexibility index (Phi) is 16.6. The lowest BCUT2D eigenvalue weighted by molar-refractivity contribution is -0.165. The van der Waals surface area contributed by atoms with Crippen molar-refractivity contribution in [2.75, 3.05) is 19.8 Å².